The van der Waals surface area contributed by atoms with Gasteiger partial charge in [-0.2, -0.15) is 0 Å². The summed E-state index contributed by atoms with van der Waals surface area (Å²) in [7, 11) is -2.99. The molecule has 2 saturated heterocycles. The van der Waals surface area contributed by atoms with Crippen LogP contribution in [-0.2, 0) is 14.6 Å². The molecule has 0 bridgehead atoms. The van der Waals surface area contributed by atoms with Gasteiger partial charge in [-0.05, 0) is 37.2 Å². The molecule has 2 fully saturated rings. The van der Waals surface area contributed by atoms with E-state index in [9.17, 15) is 13.2 Å². The van der Waals surface area contributed by atoms with E-state index >= 15 is 0 Å². The van der Waals surface area contributed by atoms with Crippen molar-refractivity contribution in [2.45, 2.75) is 51.5 Å². The lowest BCUT2D eigenvalue weighted by Crippen LogP contribution is -2.48. The molecule has 0 saturated carbocycles. The first-order chi connectivity index (χ1) is 14.9. The van der Waals surface area contributed by atoms with Crippen LogP contribution in [0.4, 0.5) is 0 Å². The molecule has 0 aromatic heterocycles. The Kier molecular flexibility index (Phi) is 8.35. The molecular weight excluding hydrogens is 412 g/mol. The molecule has 2 aliphatic rings. The van der Waals surface area contributed by atoms with Crippen molar-refractivity contribution in [3.8, 4) is 0 Å². The van der Waals surface area contributed by atoms with Crippen LogP contribution in [0.2, 0.25) is 0 Å². The van der Waals surface area contributed by atoms with Crippen LogP contribution in [0.15, 0.2) is 35.3 Å². The molecule has 1 aromatic carbocycles. The monoisotopic (exact) mass is 448 g/mol. The van der Waals surface area contributed by atoms with Crippen LogP contribution >= 0.6 is 0 Å². The molecule has 3 rings (SSSR count). The Balaban J connectivity index is 1.54. The Bertz CT molecular complexity index is 857. The Labute approximate surface area is 186 Å². The van der Waals surface area contributed by atoms with E-state index in [0.717, 1.165) is 38.4 Å². The predicted molar refractivity (Wildman–Crippen MR) is 125 cm³/mol. The molecule has 1 aromatic rings. The van der Waals surface area contributed by atoms with Crippen molar-refractivity contribution in [1.29, 1.82) is 0 Å². The highest BCUT2D eigenvalue weighted by Gasteiger charge is 2.31. The molecule has 0 radical (unpaired) electrons. The van der Waals surface area contributed by atoms with Crippen molar-refractivity contribution in [2.75, 3.05) is 37.7 Å². The minimum Gasteiger partial charge on any atom is -0.357 e. The lowest BCUT2D eigenvalue weighted by atomic mass is 9.79. The highest BCUT2D eigenvalue weighted by Crippen LogP contribution is 2.34. The number of benzene rings is 1. The normalized spacial score (nSPS) is 25.9. The smallest absolute Gasteiger partial charge is 0.222 e. The van der Waals surface area contributed by atoms with Crippen molar-refractivity contribution < 1.29 is 13.2 Å². The molecule has 31 heavy (non-hydrogen) atoms. The molecule has 3 unspecified atom stereocenters. The highest BCUT2D eigenvalue weighted by atomic mass is 32.2. The summed E-state index contributed by atoms with van der Waals surface area (Å²) >= 11 is 0. The lowest BCUT2D eigenvalue weighted by Gasteiger charge is -2.40. The molecule has 2 N–H and O–H groups in total. The molecule has 0 spiro atoms. The number of nitrogens with zero attached hydrogens (tertiary/aromatic N) is 2. The van der Waals surface area contributed by atoms with E-state index in [1.54, 1.807) is 0 Å². The van der Waals surface area contributed by atoms with Gasteiger partial charge >= 0.3 is 0 Å². The van der Waals surface area contributed by atoms with Crippen molar-refractivity contribution in [1.82, 2.24) is 15.5 Å². The zero-order valence-electron chi connectivity index (χ0n) is 18.7. The van der Waals surface area contributed by atoms with Crippen LogP contribution in [0.1, 0.15) is 51.0 Å². The van der Waals surface area contributed by atoms with Crippen molar-refractivity contribution in [3.63, 3.8) is 0 Å². The number of amides is 1. The van der Waals surface area contributed by atoms with Gasteiger partial charge in [0.25, 0.3) is 0 Å². The number of likely N-dealkylation sites (tertiary alicyclic amines) is 1. The quantitative estimate of drug-likeness (QED) is 0.493. The zero-order valence-corrected chi connectivity index (χ0v) is 19.5. The summed E-state index contributed by atoms with van der Waals surface area (Å²) in [5.74, 6) is 2.09. The van der Waals surface area contributed by atoms with Gasteiger partial charge in [-0.15, -0.1) is 0 Å². The van der Waals surface area contributed by atoms with Gasteiger partial charge in [0.05, 0.1) is 18.1 Å². The SMILES string of the molecule is CCNC(=NCCC(=O)NC1CCS(=O)(=O)C1)N1CCC(c2ccccc2)C(CC)C1. The number of nitrogens with one attached hydrogen (secondary N) is 2. The van der Waals surface area contributed by atoms with Gasteiger partial charge in [0.1, 0.15) is 0 Å². The van der Waals surface area contributed by atoms with Crippen LogP contribution in [0, 0.1) is 5.92 Å². The van der Waals surface area contributed by atoms with Gasteiger partial charge in [0.15, 0.2) is 15.8 Å². The number of hydrogen-bond acceptors (Lipinski definition) is 4. The van der Waals surface area contributed by atoms with E-state index < -0.39 is 9.84 Å². The van der Waals surface area contributed by atoms with Crippen LogP contribution in [0.3, 0.4) is 0 Å². The first kappa shape index (κ1) is 23.6. The molecule has 0 aliphatic carbocycles. The molecule has 1 amide bonds. The third-order valence-electron chi connectivity index (χ3n) is 6.32. The van der Waals surface area contributed by atoms with E-state index in [-0.39, 0.29) is 29.9 Å². The summed E-state index contributed by atoms with van der Waals surface area (Å²) in [4.78, 5) is 19.2. The number of guanidine groups is 1. The molecule has 8 heteroatoms. The van der Waals surface area contributed by atoms with Crippen LogP contribution < -0.4 is 10.6 Å². The summed E-state index contributed by atoms with van der Waals surface area (Å²) in [6.45, 7) is 7.37. The number of carbonyl (C=O) groups excluding carboxylic acids is 1. The van der Waals surface area contributed by atoms with Gasteiger partial charge in [0, 0.05) is 32.1 Å². The Morgan fingerprint density at radius 2 is 1.97 bits per heavy atom. The maximum atomic E-state index is 12.2. The van der Waals surface area contributed by atoms with Crippen LogP contribution in [-0.4, -0.2) is 68.9 Å². The Hall–Kier alpha value is -2.09. The van der Waals surface area contributed by atoms with E-state index in [1.807, 2.05) is 0 Å². The molecular formula is C23H36N4O3S. The number of hydrogen-bond donors (Lipinski definition) is 2. The maximum Gasteiger partial charge on any atom is 0.222 e. The second-order valence-corrected chi connectivity index (χ2v) is 10.8. The predicted octanol–water partition coefficient (Wildman–Crippen LogP) is 2.16. The molecule has 172 valence electrons. The maximum absolute atomic E-state index is 12.2. The third kappa shape index (κ3) is 6.69. The summed E-state index contributed by atoms with van der Waals surface area (Å²) in [5.41, 5.74) is 1.42. The van der Waals surface area contributed by atoms with E-state index in [2.05, 4.69) is 59.7 Å². The number of aliphatic imine (C=N–C) groups is 1. The Morgan fingerprint density at radius 1 is 1.19 bits per heavy atom. The topological polar surface area (TPSA) is 90.9 Å². The first-order valence-electron chi connectivity index (χ1n) is 11.5. The fraction of sp³-hybridized carbons (Fsp3) is 0.652. The molecule has 7 nitrogen and oxygen atoms in total. The summed E-state index contributed by atoms with van der Waals surface area (Å²) in [6.07, 6.45) is 2.98. The van der Waals surface area contributed by atoms with Crippen LogP contribution in [0.25, 0.3) is 0 Å². The highest BCUT2D eigenvalue weighted by molar-refractivity contribution is 7.91. The standard InChI is InChI=1S/C23H36N4O3S/c1-3-18-16-27(14-11-21(18)19-8-6-5-7-9-19)23(24-4-2)25-13-10-22(28)26-20-12-15-31(29,30)17-20/h5-9,18,20-21H,3-4,10-17H2,1-2H3,(H,24,25)(H,26,28). The molecule has 2 aliphatic heterocycles. The van der Waals surface area contributed by atoms with Gasteiger partial charge in [0.2, 0.25) is 5.91 Å². The van der Waals surface area contributed by atoms with Crippen molar-refractivity contribution >= 4 is 21.7 Å². The van der Waals surface area contributed by atoms with Crippen LogP contribution in [0.5, 0.6) is 0 Å². The van der Waals surface area contributed by atoms with Crippen molar-refractivity contribution in [3.05, 3.63) is 35.9 Å². The zero-order chi connectivity index (χ0) is 22.3. The number of piperidine rings is 1. The average molecular weight is 449 g/mol. The van der Waals surface area contributed by atoms with Gasteiger partial charge < -0.3 is 15.5 Å². The summed E-state index contributed by atoms with van der Waals surface area (Å²) in [5, 5.41) is 6.21. The van der Waals surface area contributed by atoms with E-state index in [1.165, 1.54) is 5.56 Å². The van der Waals surface area contributed by atoms with E-state index in [0.29, 0.717) is 24.8 Å². The fourth-order valence-corrected chi connectivity index (χ4v) is 6.35. The number of sulfone groups is 1. The van der Waals surface area contributed by atoms with Gasteiger partial charge in [-0.3, -0.25) is 9.79 Å². The summed E-state index contributed by atoms with van der Waals surface area (Å²) < 4.78 is 23.1. The molecule has 2 heterocycles. The first-order valence-corrected chi connectivity index (χ1v) is 13.3. The fourth-order valence-electron chi connectivity index (χ4n) is 4.68. The number of rotatable bonds is 7. The Morgan fingerprint density at radius 3 is 2.61 bits per heavy atom. The second kappa shape index (κ2) is 11.0. The van der Waals surface area contributed by atoms with Gasteiger partial charge in [-0.1, -0.05) is 43.7 Å². The van der Waals surface area contributed by atoms with Crippen molar-refractivity contribution in [2.24, 2.45) is 10.9 Å². The van der Waals surface area contributed by atoms with Gasteiger partial charge in [-0.25, -0.2) is 8.42 Å². The van der Waals surface area contributed by atoms with E-state index in [4.69, 9.17) is 4.99 Å². The third-order valence-corrected chi connectivity index (χ3v) is 8.09. The minimum atomic E-state index is -2.99. The number of carbonyl (C=O) groups is 1. The molecule has 3 atom stereocenters. The second-order valence-electron chi connectivity index (χ2n) is 8.57. The largest absolute Gasteiger partial charge is 0.357 e. The minimum absolute atomic E-state index is 0.0550. The lowest BCUT2D eigenvalue weighted by molar-refractivity contribution is -0.121. The average Bonchev–Trinajstić information content (AvgIpc) is 3.11. The summed E-state index contributed by atoms with van der Waals surface area (Å²) in [6, 6.07) is 10.5.